The third-order valence-electron chi connectivity index (χ3n) is 1.93. The molecule has 0 spiro atoms. The van der Waals surface area contributed by atoms with Crippen LogP contribution in [-0.4, -0.2) is 22.2 Å². The molecule has 0 bridgehead atoms. The Balaban J connectivity index is 3.04. The van der Waals surface area contributed by atoms with Crippen LogP contribution < -0.4 is 11.5 Å². The van der Waals surface area contributed by atoms with Gasteiger partial charge in [-0.3, -0.25) is 4.79 Å². The summed E-state index contributed by atoms with van der Waals surface area (Å²) in [6, 6.07) is 4.37. The molecule has 2 atom stereocenters. The molecular formula is C9H11ClN2O3. The van der Waals surface area contributed by atoms with Gasteiger partial charge in [0.25, 0.3) is 0 Å². The number of benzene rings is 1. The molecule has 6 N–H and O–H groups in total. The van der Waals surface area contributed by atoms with Crippen LogP contribution in [0.25, 0.3) is 0 Å². The summed E-state index contributed by atoms with van der Waals surface area (Å²) in [5.74, 6) is -1.03. The number of aliphatic hydroxyl groups excluding tert-OH is 2. The molecule has 5 nitrogen and oxygen atoms in total. The third-order valence-corrected chi connectivity index (χ3v) is 2.27. The fourth-order valence-electron chi connectivity index (χ4n) is 1.11. The maximum absolute atomic E-state index is 10.6. The summed E-state index contributed by atoms with van der Waals surface area (Å²) in [5.41, 5.74) is 10.8. The van der Waals surface area contributed by atoms with Gasteiger partial charge in [0.1, 0.15) is 6.10 Å². The third kappa shape index (κ3) is 2.59. The first-order valence-corrected chi connectivity index (χ1v) is 4.51. The minimum atomic E-state index is -1.70. The van der Waals surface area contributed by atoms with Crippen molar-refractivity contribution >= 4 is 23.2 Å². The lowest BCUT2D eigenvalue weighted by molar-refractivity contribution is -0.131. The molecule has 0 radical (unpaired) electrons. The average molecular weight is 231 g/mol. The normalized spacial score (nSPS) is 14.6. The second kappa shape index (κ2) is 4.48. The predicted octanol–water partition coefficient (Wildman–Crippen LogP) is -0.198. The van der Waals surface area contributed by atoms with Gasteiger partial charge < -0.3 is 21.7 Å². The Kier molecular flexibility index (Phi) is 3.52. The largest absolute Gasteiger partial charge is 0.399 e. The Morgan fingerprint density at radius 3 is 2.53 bits per heavy atom. The van der Waals surface area contributed by atoms with E-state index in [-0.39, 0.29) is 10.6 Å². The van der Waals surface area contributed by atoms with E-state index in [4.69, 9.17) is 23.1 Å². The van der Waals surface area contributed by atoms with Crippen LogP contribution in [0.3, 0.4) is 0 Å². The van der Waals surface area contributed by atoms with Crippen molar-refractivity contribution in [2.75, 3.05) is 5.73 Å². The lowest BCUT2D eigenvalue weighted by atomic mass is 10.0. The van der Waals surface area contributed by atoms with Crippen LogP contribution in [0.5, 0.6) is 0 Å². The maximum atomic E-state index is 10.6. The van der Waals surface area contributed by atoms with Crippen molar-refractivity contribution < 1.29 is 15.0 Å². The highest BCUT2D eigenvalue weighted by atomic mass is 35.5. The van der Waals surface area contributed by atoms with Crippen molar-refractivity contribution in [2.24, 2.45) is 5.73 Å². The van der Waals surface area contributed by atoms with E-state index in [1.54, 1.807) is 0 Å². The van der Waals surface area contributed by atoms with E-state index < -0.39 is 18.1 Å². The number of carbonyl (C=O) groups is 1. The van der Waals surface area contributed by atoms with E-state index >= 15 is 0 Å². The molecular weight excluding hydrogens is 220 g/mol. The van der Waals surface area contributed by atoms with E-state index in [2.05, 4.69) is 0 Å². The molecule has 0 aliphatic carbocycles. The van der Waals surface area contributed by atoms with Crippen molar-refractivity contribution in [1.82, 2.24) is 0 Å². The lowest BCUT2D eigenvalue weighted by Crippen LogP contribution is -2.34. The van der Waals surface area contributed by atoms with Crippen LogP contribution in [0.2, 0.25) is 5.02 Å². The summed E-state index contributed by atoms with van der Waals surface area (Å²) in [6.45, 7) is 0. The Hall–Kier alpha value is -1.30. The van der Waals surface area contributed by atoms with Gasteiger partial charge in [-0.1, -0.05) is 11.6 Å². The van der Waals surface area contributed by atoms with Gasteiger partial charge in [0.05, 0.1) is 0 Å². The molecule has 0 aliphatic heterocycles. The minimum Gasteiger partial charge on any atom is -0.399 e. The highest BCUT2D eigenvalue weighted by Gasteiger charge is 2.25. The zero-order chi connectivity index (χ0) is 11.6. The number of nitrogens with two attached hydrogens (primary N) is 2. The summed E-state index contributed by atoms with van der Waals surface area (Å²) in [4.78, 5) is 10.6. The highest BCUT2D eigenvalue weighted by Crippen LogP contribution is 2.27. The van der Waals surface area contributed by atoms with Gasteiger partial charge in [-0.15, -0.1) is 0 Å². The number of hydrogen-bond acceptors (Lipinski definition) is 4. The van der Waals surface area contributed by atoms with Crippen molar-refractivity contribution in [1.29, 1.82) is 0 Å². The Bertz CT molecular complexity index is 384. The van der Waals surface area contributed by atoms with Crippen molar-refractivity contribution in [2.45, 2.75) is 12.2 Å². The van der Waals surface area contributed by atoms with E-state index in [1.807, 2.05) is 0 Å². The smallest absolute Gasteiger partial charge is 0.249 e. The lowest BCUT2D eigenvalue weighted by Gasteiger charge is -2.16. The van der Waals surface area contributed by atoms with E-state index in [0.717, 1.165) is 0 Å². The number of carbonyl (C=O) groups excluding carboxylic acids is 1. The average Bonchev–Trinajstić information content (AvgIpc) is 2.19. The SMILES string of the molecule is NC(=O)C(O)C(O)c1cc(N)ccc1Cl. The molecule has 82 valence electrons. The highest BCUT2D eigenvalue weighted by molar-refractivity contribution is 6.31. The minimum absolute atomic E-state index is 0.169. The van der Waals surface area contributed by atoms with Gasteiger partial charge in [-0.05, 0) is 18.2 Å². The van der Waals surface area contributed by atoms with Gasteiger partial charge in [-0.25, -0.2) is 0 Å². The molecule has 1 aromatic carbocycles. The first-order chi connectivity index (χ1) is 6.93. The van der Waals surface area contributed by atoms with Gasteiger partial charge in [-0.2, -0.15) is 0 Å². The number of primary amides is 1. The molecule has 0 aliphatic rings. The van der Waals surface area contributed by atoms with Crippen LogP contribution in [0.15, 0.2) is 18.2 Å². The number of nitrogen functional groups attached to an aromatic ring is 1. The summed E-state index contributed by atoms with van der Waals surface area (Å²) in [6.07, 6.45) is -3.18. The fourth-order valence-corrected chi connectivity index (χ4v) is 1.34. The number of aliphatic hydroxyl groups is 2. The number of rotatable bonds is 3. The topological polar surface area (TPSA) is 110 Å². The van der Waals surface area contributed by atoms with E-state index in [1.165, 1.54) is 18.2 Å². The number of halogens is 1. The summed E-state index contributed by atoms with van der Waals surface area (Å²) in [5, 5.41) is 19.0. The van der Waals surface area contributed by atoms with Gasteiger partial charge >= 0.3 is 0 Å². The maximum Gasteiger partial charge on any atom is 0.249 e. The summed E-state index contributed by atoms with van der Waals surface area (Å²) in [7, 11) is 0. The molecule has 0 aromatic heterocycles. The standard InChI is InChI=1S/C9H11ClN2O3/c10-6-2-1-4(11)3-5(6)7(13)8(14)9(12)15/h1-3,7-8,13-14H,11H2,(H2,12,15). The number of amides is 1. The summed E-state index contributed by atoms with van der Waals surface area (Å²) >= 11 is 5.76. The molecule has 0 saturated heterocycles. The Morgan fingerprint density at radius 1 is 1.40 bits per heavy atom. The Labute approximate surface area is 91.3 Å². The molecule has 15 heavy (non-hydrogen) atoms. The molecule has 2 unspecified atom stereocenters. The first kappa shape index (κ1) is 11.8. The molecule has 0 saturated carbocycles. The van der Waals surface area contributed by atoms with Crippen LogP contribution in [0.4, 0.5) is 5.69 Å². The fraction of sp³-hybridized carbons (Fsp3) is 0.222. The van der Waals surface area contributed by atoms with Crippen molar-refractivity contribution in [3.05, 3.63) is 28.8 Å². The Morgan fingerprint density at radius 2 is 2.00 bits per heavy atom. The number of anilines is 1. The van der Waals surface area contributed by atoms with Crippen LogP contribution >= 0.6 is 11.6 Å². The second-order valence-electron chi connectivity index (χ2n) is 3.07. The van der Waals surface area contributed by atoms with Crippen molar-refractivity contribution in [3.63, 3.8) is 0 Å². The van der Waals surface area contributed by atoms with Crippen molar-refractivity contribution in [3.8, 4) is 0 Å². The molecule has 1 rings (SSSR count). The quantitative estimate of drug-likeness (QED) is 0.539. The molecule has 6 heteroatoms. The van der Waals surface area contributed by atoms with Gasteiger partial charge in [0.15, 0.2) is 6.10 Å². The summed E-state index contributed by atoms with van der Waals surface area (Å²) < 4.78 is 0. The van der Waals surface area contributed by atoms with E-state index in [9.17, 15) is 15.0 Å². The monoisotopic (exact) mass is 230 g/mol. The second-order valence-corrected chi connectivity index (χ2v) is 3.48. The molecule has 0 heterocycles. The van der Waals surface area contributed by atoms with Gasteiger partial charge in [0, 0.05) is 16.3 Å². The zero-order valence-electron chi connectivity index (χ0n) is 7.72. The predicted molar refractivity (Wildman–Crippen MR) is 56.0 cm³/mol. The first-order valence-electron chi connectivity index (χ1n) is 4.14. The van der Waals surface area contributed by atoms with Gasteiger partial charge in [0.2, 0.25) is 5.91 Å². The molecule has 1 aromatic rings. The van der Waals surface area contributed by atoms with Crippen LogP contribution in [-0.2, 0) is 4.79 Å². The molecule has 0 fully saturated rings. The molecule has 1 amide bonds. The van der Waals surface area contributed by atoms with Crippen LogP contribution in [0, 0.1) is 0 Å². The van der Waals surface area contributed by atoms with E-state index in [0.29, 0.717) is 5.69 Å². The zero-order valence-corrected chi connectivity index (χ0v) is 8.48. The number of hydrogen-bond donors (Lipinski definition) is 4. The van der Waals surface area contributed by atoms with Crippen LogP contribution in [0.1, 0.15) is 11.7 Å².